The van der Waals surface area contributed by atoms with Crippen molar-refractivity contribution in [2.24, 2.45) is 5.92 Å². The van der Waals surface area contributed by atoms with Crippen LogP contribution in [-0.4, -0.2) is 40.3 Å². The Morgan fingerprint density at radius 2 is 2.05 bits per heavy atom. The molecule has 2 aliphatic heterocycles. The van der Waals surface area contributed by atoms with Crippen LogP contribution in [0.4, 0.5) is 4.79 Å². The first kappa shape index (κ1) is 14.4. The molecule has 22 heavy (non-hydrogen) atoms. The quantitative estimate of drug-likeness (QED) is 0.848. The fourth-order valence-corrected chi connectivity index (χ4v) is 2.90. The molecule has 3 rings (SSSR count). The Bertz CT molecular complexity index is 601. The largest absolute Gasteiger partial charge is 0.480 e. The Labute approximate surface area is 126 Å². The van der Waals surface area contributed by atoms with Gasteiger partial charge in [-0.15, -0.1) is 0 Å². The number of aliphatic carboxylic acids is 1. The smallest absolute Gasteiger partial charge is 0.413 e. The summed E-state index contributed by atoms with van der Waals surface area (Å²) in [5.74, 6) is -1.82. The van der Waals surface area contributed by atoms with Gasteiger partial charge in [-0.2, -0.15) is 0 Å². The van der Waals surface area contributed by atoms with Crippen LogP contribution in [0.15, 0.2) is 30.3 Å². The van der Waals surface area contributed by atoms with Crippen LogP contribution < -0.4 is 0 Å². The number of ether oxygens (including phenoxy) is 2. The van der Waals surface area contributed by atoms with Crippen molar-refractivity contribution in [3.8, 4) is 0 Å². The van der Waals surface area contributed by atoms with Gasteiger partial charge in [0.2, 0.25) is 0 Å². The van der Waals surface area contributed by atoms with E-state index in [2.05, 4.69) is 0 Å². The van der Waals surface area contributed by atoms with Crippen molar-refractivity contribution >= 4 is 18.0 Å². The van der Waals surface area contributed by atoms with Crippen molar-refractivity contribution in [3.05, 3.63) is 35.9 Å². The second kappa shape index (κ2) is 5.67. The van der Waals surface area contributed by atoms with Gasteiger partial charge < -0.3 is 14.6 Å². The number of hydrogen-bond acceptors (Lipinski definition) is 5. The number of hydrogen-bond donors (Lipinski definition) is 1. The van der Waals surface area contributed by atoms with E-state index >= 15 is 0 Å². The molecule has 0 aliphatic carbocycles. The maximum absolute atomic E-state index is 12.2. The van der Waals surface area contributed by atoms with Gasteiger partial charge in [0.1, 0.15) is 12.6 Å². The summed E-state index contributed by atoms with van der Waals surface area (Å²) < 4.78 is 10.2. The minimum Gasteiger partial charge on any atom is -0.480 e. The SMILES string of the molecule is O=C1CC2CC(C(=O)O)N(C(=O)OCc3ccccc3)C2O1. The summed E-state index contributed by atoms with van der Waals surface area (Å²) in [6, 6.07) is 8.04. The number of amides is 1. The van der Waals surface area contributed by atoms with E-state index in [1.807, 2.05) is 18.2 Å². The molecule has 7 nitrogen and oxygen atoms in total. The summed E-state index contributed by atoms with van der Waals surface area (Å²) in [7, 11) is 0. The monoisotopic (exact) mass is 305 g/mol. The first-order valence-corrected chi connectivity index (χ1v) is 6.97. The highest BCUT2D eigenvalue weighted by Crippen LogP contribution is 2.38. The molecule has 2 saturated heterocycles. The molecule has 0 bridgehead atoms. The number of carboxylic acids is 1. The molecule has 2 fully saturated rings. The number of fused-ring (bicyclic) bond motifs is 1. The highest BCUT2D eigenvalue weighted by Gasteiger charge is 2.53. The minimum absolute atomic E-state index is 0.0356. The van der Waals surface area contributed by atoms with Crippen LogP contribution in [0.5, 0.6) is 0 Å². The zero-order valence-corrected chi connectivity index (χ0v) is 11.7. The molecule has 1 aromatic carbocycles. The van der Waals surface area contributed by atoms with Crippen LogP contribution >= 0.6 is 0 Å². The molecular formula is C15H15NO6. The first-order valence-electron chi connectivity index (χ1n) is 6.97. The molecule has 116 valence electrons. The molecular weight excluding hydrogens is 290 g/mol. The maximum atomic E-state index is 12.2. The molecule has 2 heterocycles. The lowest BCUT2D eigenvalue weighted by atomic mass is 10.0. The van der Waals surface area contributed by atoms with E-state index in [0.29, 0.717) is 0 Å². The number of likely N-dealkylation sites (tertiary alicyclic amines) is 1. The molecule has 0 saturated carbocycles. The molecule has 3 atom stereocenters. The number of carbonyl (C=O) groups excluding carboxylic acids is 2. The van der Waals surface area contributed by atoms with Crippen LogP contribution in [-0.2, 0) is 25.7 Å². The third-order valence-electron chi connectivity index (χ3n) is 3.92. The highest BCUT2D eigenvalue weighted by molar-refractivity contribution is 5.83. The fraction of sp³-hybridized carbons (Fsp3) is 0.400. The molecule has 1 amide bonds. The maximum Gasteiger partial charge on any atom is 0.413 e. The van der Waals surface area contributed by atoms with Gasteiger partial charge >= 0.3 is 18.0 Å². The van der Waals surface area contributed by atoms with Gasteiger partial charge in [0.25, 0.3) is 0 Å². The predicted molar refractivity (Wildman–Crippen MR) is 72.5 cm³/mol. The topological polar surface area (TPSA) is 93.1 Å². The summed E-state index contributed by atoms with van der Waals surface area (Å²) in [6.45, 7) is 0.0356. The van der Waals surface area contributed by atoms with Crippen molar-refractivity contribution in [1.82, 2.24) is 4.90 Å². The van der Waals surface area contributed by atoms with Gasteiger partial charge in [0, 0.05) is 5.92 Å². The van der Waals surface area contributed by atoms with Crippen LogP contribution in [0.25, 0.3) is 0 Å². The number of carbonyl (C=O) groups is 3. The summed E-state index contributed by atoms with van der Waals surface area (Å²) in [5.41, 5.74) is 0.793. The van der Waals surface area contributed by atoms with Gasteiger partial charge in [0.05, 0.1) is 6.42 Å². The summed E-state index contributed by atoms with van der Waals surface area (Å²) >= 11 is 0. The molecule has 3 unspecified atom stereocenters. The second-order valence-corrected chi connectivity index (χ2v) is 5.38. The molecule has 2 aliphatic rings. The van der Waals surface area contributed by atoms with Gasteiger partial charge in [0.15, 0.2) is 6.23 Å². The molecule has 1 aromatic rings. The number of carboxylic acid groups (broad SMARTS) is 1. The Hall–Kier alpha value is -2.57. The summed E-state index contributed by atoms with van der Waals surface area (Å²) in [4.78, 5) is 35.9. The number of esters is 1. The number of nitrogens with zero attached hydrogens (tertiary/aromatic N) is 1. The van der Waals surface area contributed by atoms with Gasteiger partial charge in [-0.25, -0.2) is 9.59 Å². The van der Waals surface area contributed by atoms with Crippen LogP contribution in [0, 0.1) is 5.92 Å². The number of rotatable bonds is 3. The normalized spacial score (nSPS) is 26.5. The van der Waals surface area contributed by atoms with E-state index in [0.717, 1.165) is 10.5 Å². The van der Waals surface area contributed by atoms with Gasteiger partial charge in [-0.05, 0) is 12.0 Å². The van der Waals surface area contributed by atoms with E-state index in [9.17, 15) is 19.5 Å². The molecule has 0 radical (unpaired) electrons. The van der Waals surface area contributed by atoms with Crippen LogP contribution in [0.3, 0.4) is 0 Å². The van der Waals surface area contributed by atoms with E-state index in [4.69, 9.17) is 9.47 Å². The number of benzene rings is 1. The van der Waals surface area contributed by atoms with E-state index < -0.39 is 30.3 Å². The van der Waals surface area contributed by atoms with Gasteiger partial charge in [-0.3, -0.25) is 9.69 Å². The summed E-state index contributed by atoms with van der Waals surface area (Å²) in [5, 5.41) is 9.25. The second-order valence-electron chi connectivity index (χ2n) is 5.38. The third kappa shape index (κ3) is 2.61. The van der Waals surface area contributed by atoms with E-state index in [-0.39, 0.29) is 25.4 Å². The zero-order valence-electron chi connectivity index (χ0n) is 11.7. The standard InChI is InChI=1S/C15H15NO6/c17-12-7-10-6-11(14(18)19)16(13(10)22-12)15(20)21-8-9-4-2-1-3-5-9/h1-5,10-11,13H,6-8H2,(H,18,19). The lowest BCUT2D eigenvalue weighted by Crippen LogP contribution is -2.46. The molecule has 1 N–H and O–H groups in total. The Morgan fingerprint density at radius 1 is 1.32 bits per heavy atom. The van der Waals surface area contributed by atoms with E-state index in [1.165, 1.54) is 0 Å². The average molecular weight is 305 g/mol. The van der Waals surface area contributed by atoms with Crippen LogP contribution in [0.2, 0.25) is 0 Å². The Morgan fingerprint density at radius 3 is 2.73 bits per heavy atom. The zero-order chi connectivity index (χ0) is 15.7. The molecule has 0 spiro atoms. The van der Waals surface area contributed by atoms with Crippen molar-refractivity contribution in [2.75, 3.05) is 0 Å². The van der Waals surface area contributed by atoms with Crippen LogP contribution in [0.1, 0.15) is 18.4 Å². The third-order valence-corrected chi connectivity index (χ3v) is 3.92. The van der Waals surface area contributed by atoms with Crippen molar-refractivity contribution in [2.45, 2.75) is 31.7 Å². The molecule has 0 aromatic heterocycles. The predicted octanol–water partition coefficient (Wildman–Crippen LogP) is 1.37. The van der Waals surface area contributed by atoms with Gasteiger partial charge in [-0.1, -0.05) is 30.3 Å². The first-order chi connectivity index (χ1) is 10.6. The average Bonchev–Trinajstić information content (AvgIpc) is 3.01. The lowest BCUT2D eigenvalue weighted by molar-refractivity contribution is -0.153. The van der Waals surface area contributed by atoms with Crippen molar-refractivity contribution in [1.29, 1.82) is 0 Å². The van der Waals surface area contributed by atoms with E-state index in [1.54, 1.807) is 12.1 Å². The fourth-order valence-electron chi connectivity index (χ4n) is 2.90. The highest BCUT2D eigenvalue weighted by atomic mass is 16.6. The molecule has 7 heteroatoms. The Balaban J connectivity index is 1.70. The minimum atomic E-state index is -1.12. The Kier molecular flexibility index (Phi) is 3.70. The van der Waals surface area contributed by atoms with Crippen molar-refractivity contribution < 1.29 is 29.0 Å². The lowest BCUT2D eigenvalue weighted by Gasteiger charge is -2.25. The van der Waals surface area contributed by atoms with Crippen molar-refractivity contribution in [3.63, 3.8) is 0 Å². The summed E-state index contributed by atoms with van der Waals surface area (Å²) in [6.07, 6.45) is -1.28.